The van der Waals surface area contributed by atoms with Crippen molar-refractivity contribution in [1.82, 2.24) is 15.0 Å². The fraction of sp³-hybridized carbons (Fsp3) is 0.0625. The van der Waals surface area contributed by atoms with Crippen molar-refractivity contribution < 1.29 is 9.15 Å². The first-order chi connectivity index (χ1) is 10.8. The van der Waals surface area contributed by atoms with E-state index in [1.807, 2.05) is 30.3 Å². The molecule has 0 aliphatic heterocycles. The van der Waals surface area contributed by atoms with Crippen molar-refractivity contribution in [2.75, 3.05) is 7.11 Å². The molecule has 2 aromatic carbocycles. The van der Waals surface area contributed by atoms with Crippen LogP contribution in [0.15, 0.2) is 64.2 Å². The zero-order valence-electron chi connectivity index (χ0n) is 11.8. The van der Waals surface area contributed by atoms with Crippen LogP contribution in [0.3, 0.4) is 0 Å². The molecular weight excluding hydrogens is 282 g/mol. The lowest BCUT2D eigenvalue weighted by atomic mass is 10.2. The van der Waals surface area contributed by atoms with Crippen molar-refractivity contribution in [2.45, 2.75) is 0 Å². The van der Waals surface area contributed by atoms with Gasteiger partial charge in [0.1, 0.15) is 0 Å². The van der Waals surface area contributed by atoms with E-state index >= 15 is 0 Å². The second-order valence-electron chi connectivity index (χ2n) is 4.42. The van der Waals surface area contributed by atoms with Crippen molar-refractivity contribution in [3.05, 3.63) is 65.5 Å². The van der Waals surface area contributed by atoms with Crippen LogP contribution in [-0.4, -0.2) is 22.1 Å². The molecule has 0 saturated carbocycles. The van der Waals surface area contributed by atoms with Crippen molar-refractivity contribution in [3.63, 3.8) is 0 Å². The highest BCUT2D eigenvalue weighted by Gasteiger charge is 2.03. The number of H-pyrrole nitrogens is 1. The molecule has 2 aromatic heterocycles. The maximum Gasteiger partial charge on any atom is 0.439 e. The predicted molar refractivity (Wildman–Crippen MR) is 82.9 cm³/mol. The van der Waals surface area contributed by atoms with Gasteiger partial charge in [-0.1, -0.05) is 18.2 Å². The number of hydrogen-bond acceptors (Lipinski definition) is 5. The molecule has 22 heavy (non-hydrogen) atoms. The summed E-state index contributed by atoms with van der Waals surface area (Å²) in [5, 5.41) is 0.749. The average Bonchev–Trinajstić information content (AvgIpc) is 3.03. The Morgan fingerprint density at radius 3 is 2.77 bits per heavy atom. The van der Waals surface area contributed by atoms with Crippen LogP contribution in [0.25, 0.3) is 22.0 Å². The number of aromatic amines is 1. The number of ether oxygens (including phenoxy) is 1. The van der Waals surface area contributed by atoms with Crippen LogP contribution in [-0.2, 0) is 0 Å². The lowest BCUT2D eigenvalue weighted by molar-refractivity contribution is 0.404. The van der Waals surface area contributed by atoms with E-state index in [1.54, 1.807) is 18.5 Å². The van der Waals surface area contributed by atoms with Crippen LogP contribution in [0.1, 0.15) is 0 Å². The molecule has 6 nitrogen and oxygen atoms in total. The number of imidazole rings is 1. The Morgan fingerprint density at radius 1 is 1.09 bits per heavy atom. The van der Waals surface area contributed by atoms with Gasteiger partial charge in [-0.3, -0.25) is 0 Å². The Labute approximate surface area is 125 Å². The summed E-state index contributed by atoms with van der Waals surface area (Å²) in [6.45, 7) is 0. The maximum absolute atomic E-state index is 10.8. The number of para-hydroxylation sites is 3. The molecule has 0 unspecified atom stereocenters. The minimum atomic E-state index is -0.614. The van der Waals surface area contributed by atoms with Gasteiger partial charge < -0.3 is 14.1 Å². The zero-order chi connectivity index (χ0) is 15.4. The topological polar surface area (TPSA) is 81.0 Å². The van der Waals surface area contributed by atoms with Gasteiger partial charge in [0.15, 0.2) is 11.3 Å². The highest BCUT2D eigenvalue weighted by molar-refractivity contribution is 5.81. The summed E-state index contributed by atoms with van der Waals surface area (Å²) in [7, 11) is 1.52. The van der Waals surface area contributed by atoms with Crippen LogP contribution >= 0.6 is 0 Å². The van der Waals surface area contributed by atoms with Gasteiger partial charge in [-0.25, -0.2) is 9.78 Å². The number of fused-ring (bicyclic) bond motifs is 2. The minimum Gasteiger partial charge on any atom is -0.493 e. The first kappa shape index (κ1) is 13.8. The fourth-order valence-electron chi connectivity index (χ4n) is 2.02. The predicted octanol–water partition coefficient (Wildman–Crippen LogP) is 2.76. The van der Waals surface area contributed by atoms with Gasteiger partial charge in [-0.15, -0.1) is 0 Å². The largest absolute Gasteiger partial charge is 0.493 e. The third kappa shape index (κ3) is 2.80. The monoisotopic (exact) mass is 295 g/mol. The summed E-state index contributed by atoms with van der Waals surface area (Å²) in [5.41, 5.74) is 2.56. The second kappa shape index (κ2) is 6.09. The molecular formula is C16H13N3O3. The van der Waals surface area contributed by atoms with Gasteiger partial charge in [0, 0.05) is 11.6 Å². The number of nitrogens with one attached hydrogen (secondary N) is 1. The summed E-state index contributed by atoms with van der Waals surface area (Å²) >= 11 is 0. The molecule has 0 fully saturated rings. The summed E-state index contributed by atoms with van der Waals surface area (Å²) in [6.07, 6.45) is 3.16. The lowest BCUT2D eigenvalue weighted by Gasteiger charge is -2.01. The molecule has 0 saturated heterocycles. The molecule has 4 aromatic rings. The molecule has 6 heteroatoms. The standard InChI is InChI=1S/C9H7NO3.C7H6N2/c1-12-7-4-2-3-6-5-10-9(11)13-8(6)7;1-2-4-7-6(3-1)8-5-9-7/h2-5H,1H3;1-5H,(H,8,9). The van der Waals surface area contributed by atoms with Gasteiger partial charge in [0.2, 0.25) is 0 Å². The molecule has 4 rings (SSSR count). The van der Waals surface area contributed by atoms with E-state index in [1.165, 1.54) is 13.3 Å². The SMILES string of the molecule is COc1cccc2cnc(=O)oc12.c1ccc2[nH]cnc2c1. The molecule has 0 aliphatic rings. The van der Waals surface area contributed by atoms with Crippen molar-refractivity contribution in [2.24, 2.45) is 0 Å². The summed E-state index contributed by atoms with van der Waals surface area (Å²) < 4.78 is 9.91. The van der Waals surface area contributed by atoms with Crippen molar-refractivity contribution >= 4 is 22.0 Å². The van der Waals surface area contributed by atoms with Gasteiger partial charge in [-0.2, -0.15) is 4.98 Å². The summed E-state index contributed by atoms with van der Waals surface area (Å²) in [4.78, 5) is 21.4. The highest BCUT2D eigenvalue weighted by atomic mass is 16.5. The number of aromatic nitrogens is 3. The number of benzene rings is 2. The van der Waals surface area contributed by atoms with Crippen molar-refractivity contribution in [1.29, 1.82) is 0 Å². The van der Waals surface area contributed by atoms with Gasteiger partial charge in [-0.05, 0) is 24.3 Å². The molecule has 110 valence electrons. The normalized spacial score (nSPS) is 10.2. The van der Waals surface area contributed by atoms with Gasteiger partial charge in [0.05, 0.1) is 24.5 Å². The maximum atomic E-state index is 10.8. The molecule has 0 bridgehead atoms. The quantitative estimate of drug-likeness (QED) is 0.584. The van der Waals surface area contributed by atoms with E-state index in [2.05, 4.69) is 15.0 Å². The number of nitrogens with zero attached hydrogens (tertiary/aromatic N) is 2. The van der Waals surface area contributed by atoms with E-state index in [9.17, 15) is 4.79 Å². The second-order valence-corrected chi connectivity index (χ2v) is 4.42. The third-order valence-electron chi connectivity index (χ3n) is 3.06. The summed E-state index contributed by atoms with van der Waals surface area (Å²) in [6, 6.07) is 13.3. The van der Waals surface area contributed by atoms with Gasteiger partial charge >= 0.3 is 5.76 Å². The van der Waals surface area contributed by atoms with E-state index in [4.69, 9.17) is 9.15 Å². The van der Waals surface area contributed by atoms with Crippen LogP contribution < -0.4 is 10.5 Å². The summed E-state index contributed by atoms with van der Waals surface area (Å²) in [5.74, 6) is -0.0750. The van der Waals surface area contributed by atoms with E-state index in [0.717, 1.165) is 16.4 Å². The van der Waals surface area contributed by atoms with Gasteiger partial charge in [0.25, 0.3) is 0 Å². The van der Waals surface area contributed by atoms with E-state index in [0.29, 0.717) is 11.3 Å². The number of hydrogen-bond donors (Lipinski definition) is 1. The van der Waals surface area contributed by atoms with Crippen molar-refractivity contribution in [3.8, 4) is 5.75 Å². The molecule has 2 heterocycles. The van der Waals surface area contributed by atoms with Crippen LogP contribution in [0, 0.1) is 0 Å². The molecule has 0 amide bonds. The van der Waals surface area contributed by atoms with Crippen LogP contribution in [0.4, 0.5) is 0 Å². The third-order valence-corrected chi connectivity index (χ3v) is 3.06. The Kier molecular flexibility index (Phi) is 3.82. The van der Waals surface area contributed by atoms with Crippen LogP contribution in [0.5, 0.6) is 5.75 Å². The highest BCUT2D eigenvalue weighted by Crippen LogP contribution is 2.22. The van der Waals surface area contributed by atoms with E-state index < -0.39 is 5.76 Å². The minimum absolute atomic E-state index is 0.435. The Morgan fingerprint density at radius 2 is 1.95 bits per heavy atom. The smallest absolute Gasteiger partial charge is 0.439 e. The fourth-order valence-corrected chi connectivity index (χ4v) is 2.02. The molecule has 0 radical (unpaired) electrons. The Balaban J connectivity index is 0.000000139. The Hall–Kier alpha value is -3.15. The molecule has 0 spiro atoms. The molecule has 1 N–H and O–H groups in total. The Bertz CT molecular complexity index is 929. The van der Waals surface area contributed by atoms with Crippen LogP contribution in [0.2, 0.25) is 0 Å². The molecule has 0 atom stereocenters. The number of rotatable bonds is 1. The lowest BCUT2D eigenvalue weighted by Crippen LogP contribution is -2.02. The average molecular weight is 295 g/mol. The first-order valence-corrected chi connectivity index (χ1v) is 6.59. The first-order valence-electron chi connectivity index (χ1n) is 6.59. The number of methoxy groups -OCH3 is 1. The molecule has 0 aliphatic carbocycles. The zero-order valence-corrected chi connectivity index (χ0v) is 11.8. The van der Waals surface area contributed by atoms with E-state index in [-0.39, 0.29) is 0 Å².